The van der Waals surface area contributed by atoms with E-state index < -0.39 is 5.97 Å². The number of allylic oxidation sites excluding steroid dienone is 2. The van der Waals surface area contributed by atoms with Crippen LogP contribution in [0.2, 0.25) is 0 Å². The first-order valence-corrected chi connectivity index (χ1v) is 7.40. The maximum atomic E-state index is 12.5. The number of aliphatic carboxylic acids is 1. The third-order valence-corrected chi connectivity index (χ3v) is 3.69. The first kappa shape index (κ1) is 15.3. The summed E-state index contributed by atoms with van der Waals surface area (Å²) >= 11 is 0. The Morgan fingerprint density at radius 3 is 2.62 bits per heavy atom. The number of para-hydroxylation sites is 1. The molecule has 1 unspecified atom stereocenters. The highest BCUT2D eigenvalue weighted by molar-refractivity contribution is 5.93. The first-order chi connectivity index (χ1) is 10.2. The number of benzene rings is 1. The topological polar surface area (TPSA) is 57.6 Å². The van der Waals surface area contributed by atoms with Gasteiger partial charge in [0.05, 0.1) is 0 Å². The summed E-state index contributed by atoms with van der Waals surface area (Å²) in [5.41, 5.74) is 0.842. The Hall–Kier alpha value is -2.10. The summed E-state index contributed by atoms with van der Waals surface area (Å²) < 4.78 is 0. The Balaban J connectivity index is 2.01. The van der Waals surface area contributed by atoms with Crippen molar-refractivity contribution in [2.45, 2.75) is 32.1 Å². The molecular formula is C17H21NO3. The van der Waals surface area contributed by atoms with Crippen LogP contribution >= 0.6 is 0 Å². The molecule has 1 aromatic rings. The number of carbonyl (C=O) groups is 2. The Kier molecular flexibility index (Phi) is 5.55. The second kappa shape index (κ2) is 7.62. The molecule has 0 saturated carbocycles. The van der Waals surface area contributed by atoms with Crippen LogP contribution in [0.3, 0.4) is 0 Å². The minimum Gasteiger partial charge on any atom is -0.481 e. The zero-order valence-corrected chi connectivity index (χ0v) is 12.1. The monoisotopic (exact) mass is 287 g/mol. The lowest BCUT2D eigenvalue weighted by molar-refractivity contribution is -0.137. The molecular weight excluding hydrogens is 266 g/mol. The summed E-state index contributed by atoms with van der Waals surface area (Å²) in [5, 5.41) is 8.75. The largest absolute Gasteiger partial charge is 0.481 e. The molecule has 1 aromatic carbocycles. The minimum atomic E-state index is -0.825. The summed E-state index contributed by atoms with van der Waals surface area (Å²) in [6.07, 6.45) is 7.36. The van der Waals surface area contributed by atoms with Gasteiger partial charge in [0.15, 0.2) is 0 Å². The van der Waals surface area contributed by atoms with E-state index in [9.17, 15) is 9.59 Å². The summed E-state index contributed by atoms with van der Waals surface area (Å²) in [6.45, 7) is 0.450. The molecule has 21 heavy (non-hydrogen) atoms. The number of carboxylic acid groups (broad SMARTS) is 1. The van der Waals surface area contributed by atoms with Crippen molar-refractivity contribution in [2.24, 2.45) is 5.92 Å². The zero-order valence-electron chi connectivity index (χ0n) is 12.1. The van der Waals surface area contributed by atoms with E-state index in [2.05, 4.69) is 12.2 Å². The molecule has 1 atom stereocenters. The standard InChI is InChI=1S/C17H21NO3/c19-16(13-14-7-4-5-8-14)18(12-6-11-17(20)21)15-9-2-1-3-10-15/h1-4,7,9-10,14H,5-6,8,11-13H2,(H,20,21). The van der Waals surface area contributed by atoms with Crippen LogP contribution in [0, 0.1) is 5.92 Å². The SMILES string of the molecule is O=C(O)CCCN(C(=O)CC1C=CCC1)c1ccccc1. The molecule has 0 bridgehead atoms. The van der Waals surface area contributed by atoms with Crippen LogP contribution in [-0.4, -0.2) is 23.5 Å². The number of rotatable bonds is 7. The van der Waals surface area contributed by atoms with Gasteiger partial charge in [0, 0.05) is 25.1 Å². The van der Waals surface area contributed by atoms with E-state index in [-0.39, 0.29) is 12.3 Å². The van der Waals surface area contributed by atoms with Crippen LogP contribution in [0.5, 0.6) is 0 Å². The first-order valence-electron chi connectivity index (χ1n) is 7.40. The average molecular weight is 287 g/mol. The molecule has 112 valence electrons. The second-order valence-corrected chi connectivity index (χ2v) is 5.35. The average Bonchev–Trinajstić information content (AvgIpc) is 2.97. The number of hydrogen-bond acceptors (Lipinski definition) is 2. The van der Waals surface area contributed by atoms with Crippen molar-refractivity contribution in [3.63, 3.8) is 0 Å². The fourth-order valence-electron chi connectivity index (χ4n) is 2.59. The quantitative estimate of drug-likeness (QED) is 0.783. The molecule has 2 rings (SSSR count). The van der Waals surface area contributed by atoms with Crippen molar-refractivity contribution < 1.29 is 14.7 Å². The summed E-state index contributed by atoms with van der Waals surface area (Å²) in [7, 11) is 0. The fourth-order valence-corrected chi connectivity index (χ4v) is 2.59. The van der Waals surface area contributed by atoms with Crippen LogP contribution in [0.1, 0.15) is 32.1 Å². The van der Waals surface area contributed by atoms with Crippen molar-refractivity contribution in [1.82, 2.24) is 0 Å². The van der Waals surface area contributed by atoms with Crippen LogP contribution in [0.25, 0.3) is 0 Å². The summed E-state index contributed by atoms with van der Waals surface area (Å²) in [6, 6.07) is 9.47. The van der Waals surface area contributed by atoms with Gasteiger partial charge < -0.3 is 10.0 Å². The van der Waals surface area contributed by atoms with Crippen LogP contribution in [0.15, 0.2) is 42.5 Å². The van der Waals surface area contributed by atoms with Gasteiger partial charge in [0.2, 0.25) is 5.91 Å². The molecule has 0 spiro atoms. The molecule has 0 aliphatic heterocycles. The number of nitrogens with zero attached hydrogens (tertiary/aromatic N) is 1. The lowest BCUT2D eigenvalue weighted by Gasteiger charge is -2.24. The molecule has 0 heterocycles. The van der Waals surface area contributed by atoms with E-state index in [1.807, 2.05) is 30.3 Å². The maximum Gasteiger partial charge on any atom is 0.303 e. The number of carbonyl (C=O) groups excluding carboxylic acids is 1. The van der Waals surface area contributed by atoms with Crippen molar-refractivity contribution in [3.8, 4) is 0 Å². The molecule has 0 saturated heterocycles. The van der Waals surface area contributed by atoms with E-state index in [4.69, 9.17) is 5.11 Å². The molecule has 1 N–H and O–H groups in total. The van der Waals surface area contributed by atoms with Crippen molar-refractivity contribution in [1.29, 1.82) is 0 Å². The third kappa shape index (κ3) is 4.74. The molecule has 0 fully saturated rings. The Morgan fingerprint density at radius 2 is 2.00 bits per heavy atom. The van der Waals surface area contributed by atoms with Gasteiger partial charge in [-0.25, -0.2) is 0 Å². The highest BCUT2D eigenvalue weighted by Crippen LogP contribution is 2.23. The van der Waals surface area contributed by atoms with E-state index in [1.54, 1.807) is 4.90 Å². The van der Waals surface area contributed by atoms with Crippen molar-refractivity contribution in [2.75, 3.05) is 11.4 Å². The van der Waals surface area contributed by atoms with Gasteiger partial charge in [-0.1, -0.05) is 30.4 Å². The van der Waals surface area contributed by atoms with Gasteiger partial charge in [-0.2, -0.15) is 0 Å². The minimum absolute atomic E-state index is 0.0724. The highest BCUT2D eigenvalue weighted by Gasteiger charge is 2.20. The zero-order chi connectivity index (χ0) is 15.1. The highest BCUT2D eigenvalue weighted by atomic mass is 16.4. The van der Waals surface area contributed by atoms with Gasteiger partial charge in [0.25, 0.3) is 0 Å². The van der Waals surface area contributed by atoms with E-state index in [0.717, 1.165) is 18.5 Å². The predicted molar refractivity (Wildman–Crippen MR) is 82.1 cm³/mol. The fraction of sp³-hybridized carbons (Fsp3) is 0.412. The van der Waals surface area contributed by atoms with Crippen LogP contribution < -0.4 is 4.90 Å². The Bertz CT molecular complexity index is 510. The van der Waals surface area contributed by atoms with Gasteiger partial charge >= 0.3 is 5.97 Å². The molecule has 4 heteroatoms. The number of carboxylic acids is 1. The van der Waals surface area contributed by atoms with Crippen molar-refractivity contribution >= 4 is 17.6 Å². The lowest BCUT2D eigenvalue weighted by atomic mass is 10.0. The second-order valence-electron chi connectivity index (χ2n) is 5.35. The third-order valence-electron chi connectivity index (χ3n) is 3.69. The number of anilines is 1. The van der Waals surface area contributed by atoms with Gasteiger partial charge in [0.1, 0.15) is 0 Å². The predicted octanol–water partition coefficient (Wildman–Crippen LogP) is 3.24. The molecule has 0 aromatic heterocycles. The van der Waals surface area contributed by atoms with Crippen molar-refractivity contribution in [3.05, 3.63) is 42.5 Å². The Morgan fingerprint density at radius 1 is 1.24 bits per heavy atom. The van der Waals surface area contributed by atoms with Crippen LogP contribution in [-0.2, 0) is 9.59 Å². The molecule has 4 nitrogen and oxygen atoms in total. The van der Waals surface area contributed by atoms with Crippen LogP contribution in [0.4, 0.5) is 5.69 Å². The molecule has 0 radical (unpaired) electrons. The normalized spacial score (nSPS) is 16.9. The molecule has 1 aliphatic rings. The summed E-state index contributed by atoms with van der Waals surface area (Å²) in [5.74, 6) is -0.430. The maximum absolute atomic E-state index is 12.5. The number of amides is 1. The summed E-state index contributed by atoms with van der Waals surface area (Å²) in [4.78, 5) is 24.9. The Labute approximate surface area is 125 Å². The van der Waals surface area contributed by atoms with Gasteiger partial charge in [-0.15, -0.1) is 0 Å². The smallest absolute Gasteiger partial charge is 0.303 e. The molecule has 1 aliphatic carbocycles. The molecule has 1 amide bonds. The van der Waals surface area contributed by atoms with Gasteiger partial charge in [-0.3, -0.25) is 9.59 Å². The van der Waals surface area contributed by atoms with E-state index in [1.165, 1.54) is 0 Å². The van der Waals surface area contributed by atoms with Gasteiger partial charge in [-0.05, 0) is 37.3 Å². The number of hydrogen-bond donors (Lipinski definition) is 1. The van der Waals surface area contributed by atoms with E-state index in [0.29, 0.717) is 25.3 Å². The van der Waals surface area contributed by atoms with E-state index >= 15 is 0 Å². The lowest BCUT2D eigenvalue weighted by Crippen LogP contribution is -2.33.